The normalized spacial score (nSPS) is 35.3. The molecule has 3 rings (SSSR count). The maximum Gasteiger partial charge on any atom is 0.0843 e. The Balaban J connectivity index is 1.76. The van der Waals surface area contributed by atoms with E-state index in [0.717, 1.165) is 26.0 Å². The van der Waals surface area contributed by atoms with Crippen LogP contribution in [0, 0.1) is 17.8 Å². The summed E-state index contributed by atoms with van der Waals surface area (Å²) in [7, 11) is 0. The van der Waals surface area contributed by atoms with E-state index < -0.39 is 0 Å². The Morgan fingerprint density at radius 1 is 1.27 bits per heavy atom. The van der Waals surface area contributed by atoms with E-state index in [9.17, 15) is 0 Å². The largest absolute Gasteiger partial charge is 0.323 e. The van der Waals surface area contributed by atoms with E-state index in [1.165, 1.54) is 24.1 Å². The maximum absolute atomic E-state index is 6.33. The molecule has 1 nitrogen and oxygen atoms in total. The highest BCUT2D eigenvalue weighted by Crippen LogP contribution is 2.57. The SMILES string of the molecule is NC(c1cc(Br)c(Br)s1)C1CC2CC2C1. The van der Waals surface area contributed by atoms with Gasteiger partial charge >= 0.3 is 0 Å². The lowest BCUT2D eigenvalue weighted by molar-refractivity contribution is 0.408. The van der Waals surface area contributed by atoms with E-state index in [0.29, 0.717) is 0 Å². The summed E-state index contributed by atoms with van der Waals surface area (Å²) in [5.74, 6) is 2.77. The van der Waals surface area contributed by atoms with Crippen molar-refractivity contribution in [1.29, 1.82) is 0 Å². The Morgan fingerprint density at radius 3 is 2.47 bits per heavy atom. The quantitative estimate of drug-likeness (QED) is 0.844. The van der Waals surface area contributed by atoms with Crippen molar-refractivity contribution >= 4 is 43.2 Å². The fourth-order valence-corrected chi connectivity index (χ4v) is 5.00. The van der Waals surface area contributed by atoms with Crippen LogP contribution in [-0.4, -0.2) is 0 Å². The van der Waals surface area contributed by atoms with Gasteiger partial charge in [0.25, 0.3) is 0 Å². The van der Waals surface area contributed by atoms with Crippen LogP contribution in [-0.2, 0) is 0 Å². The third-order valence-corrected chi connectivity index (χ3v) is 7.14. The molecule has 1 aromatic rings. The molecular formula is C11H13Br2NS. The fourth-order valence-electron chi connectivity index (χ4n) is 2.81. The molecule has 0 bridgehead atoms. The van der Waals surface area contributed by atoms with Crippen molar-refractivity contribution in [1.82, 2.24) is 0 Å². The molecule has 2 N–H and O–H groups in total. The molecule has 2 fully saturated rings. The molecule has 82 valence electrons. The first-order valence-electron chi connectivity index (χ1n) is 5.35. The lowest BCUT2D eigenvalue weighted by atomic mass is 9.94. The van der Waals surface area contributed by atoms with Gasteiger partial charge in [-0.05, 0) is 74.9 Å². The zero-order chi connectivity index (χ0) is 10.6. The summed E-state index contributed by atoms with van der Waals surface area (Å²) in [6.07, 6.45) is 4.19. The van der Waals surface area contributed by atoms with Crippen LogP contribution in [0.4, 0.5) is 0 Å². The van der Waals surface area contributed by atoms with Gasteiger partial charge in [-0.25, -0.2) is 0 Å². The van der Waals surface area contributed by atoms with Gasteiger partial charge in [0.15, 0.2) is 0 Å². The summed E-state index contributed by atoms with van der Waals surface area (Å²) in [6.45, 7) is 0. The molecule has 0 aromatic carbocycles. The smallest absolute Gasteiger partial charge is 0.0843 e. The Bertz CT molecular complexity index is 360. The average molecular weight is 351 g/mol. The lowest BCUT2D eigenvalue weighted by Crippen LogP contribution is -2.19. The van der Waals surface area contributed by atoms with Gasteiger partial charge in [0.1, 0.15) is 0 Å². The van der Waals surface area contributed by atoms with Gasteiger partial charge < -0.3 is 5.73 Å². The molecule has 15 heavy (non-hydrogen) atoms. The number of thiophene rings is 1. The molecule has 0 amide bonds. The number of rotatable bonds is 2. The molecule has 4 heteroatoms. The maximum atomic E-state index is 6.33. The van der Waals surface area contributed by atoms with Crippen LogP contribution in [0.25, 0.3) is 0 Å². The highest BCUT2D eigenvalue weighted by Gasteiger charge is 2.47. The highest BCUT2D eigenvalue weighted by atomic mass is 79.9. The fraction of sp³-hybridized carbons (Fsp3) is 0.636. The molecule has 2 aliphatic carbocycles. The first-order chi connectivity index (χ1) is 7.15. The van der Waals surface area contributed by atoms with E-state index in [1.807, 2.05) is 0 Å². The van der Waals surface area contributed by atoms with Crippen molar-refractivity contribution in [3.8, 4) is 0 Å². The van der Waals surface area contributed by atoms with Gasteiger partial charge in [-0.15, -0.1) is 11.3 Å². The minimum Gasteiger partial charge on any atom is -0.323 e. The molecule has 3 atom stereocenters. The third-order valence-electron chi connectivity index (χ3n) is 3.78. The molecule has 0 saturated heterocycles. The number of nitrogens with two attached hydrogens (primary N) is 1. The summed E-state index contributed by atoms with van der Waals surface area (Å²) >= 11 is 8.82. The minimum atomic E-state index is 0.255. The standard InChI is InChI=1S/C11H13Br2NS/c12-8-4-9(15-11(8)13)10(14)7-2-5-1-6(5)3-7/h4-7,10H,1-3,14H2. The van der Waals surface area contributed by atoms with Gasteiger partial charge in [0.2, 0.25) is 0 Å². The molecule has 0 radical (unpaired) electrons. The Morgan fingerprint density at radius 2 is 1.93 bits per heavy atom. The molecule has 2 aliphatic rings. The van der Waals surface area contributed by atoms with Crippen molar-refractivity contribution in [2.45, 2.75) is 25.3 Å². The molecule has 2 saturated carbocycles. The topological polar surface area (TPSA) is 26.0 Å². The lowest BCUT2D eigenvalue weighted by Gasteiger charge is -2.18. The predicted octanol–water partition coefficient (Wildman–Crippen LogP) is 4.32. The summed E-state index contributed by atoms with van der Waals surface area (Å²) in [5.41, 5.74) is 6.33. The van der Waals surface area contributed by atoms with Crippen LogP contribution in [0.2, 0.25) is 0 Å². The molecule has 3 unspecified atom stereocenters. The number of fused-ring (bicyclic) bond motifs is 1. The van der Waals surface area contributed by atoms with Gasteiger partial charge in [0, 0.05) is 15.4 Å². The Hall–Kier alpha value is 0.620. The molecule has 0 spiro atoms. The minimum absolute atomic E-state index is 0.255. The second-order valence-corrected chi connectivity index (χ2v) is 8.04. The zero-order valence-corrected chi connectivity index (χ0v) is 12.2. The van der Waals surface area contributed by atoms with E-state index in [1.54, 1.807) is 11.3 Å². The zero-order valence-electron chi connectivity index (χ0n) is 8.25. The van der Waals surface area contributed by atoms with Gasteiger partial charge in [-0.3, -0.25) is 0 Å². The van der Waals surface area contributed by atoms with Crippen LogP contribution >= 0.6 is 43.2 Å². The van der Waals surface area contributed by atoms with E-state index in [4.69, 9.17) is 5.73 Å². The van der Waals surface area contributed by atoms with Crippen molar-refractivity contribution in [3.63, 3.8) is 0 Å². The predicted molar refractivity (Wildman–Crippen MR) is 71.0 cm³/mol. The monoisotopic (exact) mass is 349 g/mol. The third kappa shape index (κ3) is 1.94. The van der Waals surface area contributed by atoms with Crippen LogP contribution in [0.5, 0.6) is 0 Å². The number of hydrogen-bond donors (Lipinski definition) is 1. The van der Waals surface area contributed by atoms with Gasteiger partial charge in [-0.1, -0.05) is 0 Å². The summed E-state index contributed by atoms with van der Waals surface area (Å²) in [4.78, 5) is 1.32. The van der Waals surface area contributed by atoms with Crippen LogP contribution in [0.1, 0.15) is 30.2 Å². The number of hydrogen-bond acceptors (Lipinski definition) is 2. The van der Waals surface area contributed by atoms with Gasteiger partial charge in [0.05, 0.1) is 3.79 Å². The van der Waals surface area contributed by atoms with Crippen LogP contribution < -0.4 is 5.73 Å². The number of halogens is 2. The second kappa shape index (κ2) is 3.83. The van der Waals surface area contributed by atoms with Crippen molar-refractivity contribution in [3.05, 3.63) is 19.2 Å². The van der Waals surface area contributed by atoms with Crippen LogP contribution in [0.15, 0.2) is 14.3 Å². The van der Waals surface area contributed by atoms with E-state index in [2.05, 4.69) is 37.9 Å². The van der Waals surface area contributed by atoms with Gasteiger partial charge in [-0.2, -0.15) is 0 Å². The van der Waals surface area contributed by atoms with E-state index in [-0.39, 0.29) is 6.04 Å². The Kier molecular flexibility index (Phi) is 2.74. The summed E-state index contributed by atoms with van der Waals surface area (Å²) in [5, 5.41) is 0. The van der Waals surface area contributed by atoms with E-state index >= 15 is 0 Å². The first kappa shape index (κ1) is 10.8. The summed E-state index contributed by atoms with van der Waals surface area (Å²) < 4.78 is 2.30. The summed E-state index contributed by atoms with van der Waals surface area (Å²) in [6, 6.07) is 2.42. The second-order valence-electron chi connectivity index (χ2n) is 4.78. The first-order valence-corrected chi connectivity index (χ1v) is 7.75. The Labute approximate surface area is 111 Å². The van der Waals surface area contributed by atoms with Crippen LogP contribution in [0.3, 0.4) is 0 Å². The average Bonchev–Trinajstić information content (AvgIpc) is 2.66. The van der Waals surface area contributed by atoms with Crippen molar-refractivity contribution in [2.75, 3.05) is 0 Å². The van der Waals surface area contributed by atoms with Crippen molar-refractivity contribution < 1.29 is 0 Å². The highest BCUT2D eigenvalue weighted by molar-refractivity contribution is 9.13. The molecule has 0 aliphatic heterocycles. The molecule has 1 aromatic heterocycles. The molecule has 1 heterocycles. The van der Waals surface area contributed by atoms with Crippen molar-refractivity contribution in [2.24, 2.45) is 23.5 Å². The molecular weight excluding hydrogens is 338 g/mol.